The molecule has 8 heteroatoms. The van der Waals surface area contributed by atoms with Gasteiger partial charge in [-0.1, -0.05) is 12.1 Å². The molecule has 1 aromatic carbocycles. The lowest BCUT2D eigenvalue weighted by Crippen LogP contribution is -2.47. The molecule has 0 aromatic heterocycles. The van der Waals surface area contributed by atoms with Crippen molar-refractivity contribution >= 4 is 16.1 Å². The van der Waals surface area contributed by atoms with Crippen molar-refractivity contribution in [1.82, 2.24) is 14.9 Å². The molecule has 1 saturated heterocycles. The minimum Gasteiger partial charge on any atom is -0.379 e. The molecule has 0 saturated carbocycles. The van der Waals surface area contributed by atoms with Crippen LogP contribution in [0.4, 0.5) is 4.79 Å². The van der Waals surface area contributed by atoms with Gasteiger partial charge in [-0.05, 0) is 37.1 Å². The lowest BCUT2D eigenvalue weighted by atomic mass is 10.00. The summed E-state index contributed by atoms with van der Waals surface area (Å²) in [4.78, 5) is 14.4. The normalized spacial score (nSPS) is 21.1. The first-order valence-corrected chi connectivity index (χ1v) is 9.17. The number of urea groups is 1. The monoisotopic (exact) mass is 339 g/mol. The summed E-state index contributed by atoms with van der Waals surface area (Å²) in [6.45, 7) is 2.16. The molecule has 2 amide bonds. The molecule has 0 spiro atoms. The average molecular weight is 339 g/mol. The summed E-state index contributed by atoms with van der Waals surface area (Å²) in [5.41, 5.74) is 1.68. The fourth-order valence-electron chi connectivity index (χ4n) is 3.02. The molecule has 3 rings (SSSR count). The van der Waals surface area contributed by atoms with Gasteiger partial charge in [0.15, 0.2) is 0 Å². The fourth-order valence-corrected chi connectivity index (χ4v) is 4.06. The minimum atomic E-state index is -3.48. The maximum Gasteiger partial charge on any atom is 0.318 e. The highest BCUT2D eigenvalue weighted by Gasteiger charge is 2.27. The molecule has 0 aliphatic carbocycles. The van der Waals surface area contributed by atoms with Crippen molar-refractivity contribution < 1.29 is 17.9 Å². The van der Waals surface area contributed by atoms with Crippen LogP contribution in [-0.2, 0) is 27.7 Å². The van der Waals surface area contributed by atoms with Crippen LogP contribution >= 0.6 is 0 Å². The van der Waals surface area contributed by atoms with E-state index in [1.165, 1.54) is 7.05 Å². The Morgan fingerprint density at radius 2 is 2.22 bits per heavy atom. The Bertz CT molecular complexity index is 699. The van der Waals surface area contributed by atoms with Crippen LogP contribution in [0, 0.1) is 0 Å². The zero-order valence-corrected chi connectivity index (χ0v) is 13.9. The average Bonchev–Trinajstić information content (AvgIpc) is 3.06. The molecule has 23 heavy (non-hydrogen) atoms. The molecule has 0 bridgehead atoms. The maximum atomic E-state index is 12.3. The number of fused-ring (bicyclic) bond motifs is 1. The van der Waals surface area contributed by atoms with E-state index in [0.717, 1.165) is 17.5 Å². The Labute approximate surface area is 136 Å². The van der Waals surface area contributed by atoms with E-state index in [1.807, 2.05) is 6.07 Å². The maximum absolute atomic E-state index is 12.3. The van der Waals surface area contributed by atoms with Gasteiger partial charge in [-0.25, -0.2) is 17.9 Å². The molecule has 0 unspecified atom stereocenters. The largest absolute Gasteiger partial charge is 0.379 e. The van der Waals surface area contributed by atoms with E-state index in [0.29, 0.717) is 37.6 Å². The van der Waals surface area contributed by atoms with Crippen molar-refractivity contribution in [2.24, 2.45) is 0 Å². The van der Waals surface area contributed by atoms with Crippen molar-refractivity contribution in [3.8, 4) is 0 Å². The number of rotatable bonds is 3. The number of nitrogens with one attached hydrogen (secondary N) is 2. The summed E-state index contributed by atoms with van der Waals surface area (Å²) >= 11 is 0. The van der Waals surface area contributed by atoms with Crippen molar-refractivity contribution in [1.29, 1.82) is 0 Å². The lowest BCUT2D eigenvalue weighted by Gasteiger charge is -2.30. The first kappa shape index (κ1) is 16.2. The van der Waals surface area contributed by atoms with Crippen LogP contribution in [0.15, 0.2) is 23.1 Å². The van der Waals surface area contributed by atoms with Gasteiger partial charge in [0.25, 0.3) is 0 Å². The van der Waals surface area contributed by atoms with E-state index < -0.39 is 10.0 Å². The number of carbonyl (C=O) groups is 1. The molecular weight excluding hydrogens is 318 g/mol. The summed E-state index contributed by atoms with van der Waals surface area (Å²) in [5.74, 6) is 0. The van der Waals surface area contributed by atoms with Gasteiger partial charge in [0, 0.05) is 19.7 Å². The van der Waals surface area contributed by atoms with Gasteiger partial charge in [-0.2, -0.15) is 0 Å². The summed E-state index contributed by atoms with van der Waals surface area (Å²) in [7, 11) is -2.08. The molecular formula is C15H21N3O4S. The summed E-state index contributed by atoms with van der Waals surface area (Å²) in [6, 6.07) is 5.15. The van der Waals surface area contributed by atoms with E-state index >= 15 is 0 Å². The second kappa shape index (κ2) is 6.46. The zero-order chi connectivity index (χ0) is 16.4. The van der Waals surface area contributed by atoms with Crippen molar-refractivity contribution in [2.45, 2.75) is 30.3 Å². The predicted octanol–water partition coefficient (Wildman–Crippen LogP) is 0.451. The van der Waals surface area contributed by atoms with Gasteiger partial charge in [0.1, 0.15) is 0 Å². The number of ether oxygens (including phenoxy) is 1. The van der Waals surface area contributed by atoms with E-state index in [2.05, 4.69) is 10.0 Å². The van der Waals surface area contributed by atoms with Gasteiger partial charge in [-0.3, -0.25) is 0 Å². The third-order valence-electron chi connectivity index (χ3n) is 4.33. The van der Waals surface area contributed by atoms with E-state index in [-0.39, 0.29) is 12.1 Å². The highest BCUT2D eigenvalue weighted by Crippen LogP contribution is 2.25. The number of benzene rings is 1. The van der Waals surface area contributed by atoms with Gasteiger partial charge in [-0.15, -0.1) is 0 Å². The predicted molar refractivity (Wildman–Crippen MR) is 84.6 cm³/mol. The first-order valence-electron chi connectivity index (χ1n) is 7.69. The summed E-state index contributed by atoms with van der Waals surface area (Å²) < 4.78 is 31.8. The number of nitrogens with zero attached hydrogens (tertiary/aromatic N) is 1. The third-order valence-corrected chi connectivity index (χ3v) is 5.82. The van der Waals surface area contributed by atoms with Crippen molar-refractivity contribution in [3.63, 3.8) is 0 Å². The van der Waals surface area contributed by atoms with Crippen molar-refractivity contribution in [2.75, 3.05) is 26.8 Å². The zero-order valence-electron chi connectivity index (χ0n) is 13.0. The SMILES string of the molecule is CNS(=O)(=O)c1cccc2c1CCN(C(=O)N[C@H]1CCOC1)C2. The molecule has 2 N–H and O–H groups in total. The van der Waals surface area contributed by atoms with Crippen LogP contribution < -0.4 is 10.0 Å². The van der Waals surface area contributed by atoms with E-state index in [9.17, 15) is 13.2 Å². The molecule has 2 heterocycles. The third kappa shape index (κ3) is 3.34. The second-order valence-corrected chi connectivity index (χ2v) is 7.64. The Balaban J connectivity index is 1.76. The van der Waals surface area contributed by atoms with E-state index in [1.54, 1.807) is 17.0 Å². The lowest BCUT2D eigenvalue weighted by molar-refractivity contribution is 0.175. The Morgan fingerprint density at radius 3 is 2.91 bits per heavy atom. The molecule has 2 aliphatic rings. The molecule has 0 radical (unpaired) electrons. The van der Waals surface area contributed by atoms with E-state index in [4.69, 9.17) is 4.74 Å². The number of amides is 2. The van der Waals surface area contributed by atoms with Gasteiger partial charge >= 0.3 is 6.03 Å². The Hall–Kier alpha value is -1.64. The quantitative estimate of drug-likeness (QED) is 0.837. The van der Waals surface area contributed by atoms with Gasteiger partial charge < -0.3 is 15.0 Å². The first-order chi connectivity index (χ1) is 11.0. The minimum absolute atomic E-state index is 0.0694. The molecule has 2 aliphatic heterocycles. The fraction of sp³-hybridized carbons (Fsp3) is 0.533. The summed E-state index contributed by atoms with van der Waals surface area (Å²) in [5, 5.41) is 2.97. The number of hydrogen-bond acceptors (Lipinski definition) is 4. The molecule has 7 nitrogen and oxygen atoms in total. The van der Waals surface area contributed by atoms with Crippen LogP contribution in [-0.4, -0.2) is 52.2 Å². The van der Waals surface area contributed by atoms with Crippen LogP contribution in [0.3, 0.4) is 0 Å². The molecule has 126 valence electrons. The smallest absolute Gasteiger partial charge is 0.318 e. The standard InChI is InChI=1S/C15H21N3O4S/c1-16-23(20,21)14-4-2-3-11-9-18(7-5-13(11)14)15(19)17-12-6-8-22-10-12/h2-4,12,16H,5-10H2,1H3,(H,17,19)/t12-/m0/s1. The van der Waals surface area contributed by atoms with Gasteiger partial charge in [0.2, 0.25) is 10.0 Å². The topological polar surface area (TPSA) is 87.7 Å². The molecule has 1 atom stereocenters. The highest BCUT2D eigenvalue weighted by molar-refractivity contribution is 7.89. The number of carbonyl (C=O) groups excluding carboxylic acids is 1. The number of hydrogen-bond donors (Lipinski definition) is 2. The van der Waals surface area contributed by atoms with Crippen LogP contribution in [0.5, 0.6) is 0 Å². The number of sulfonamides is 1. The Kier molecular flexibility index (Phi) is 4.56. The highest BCUT2D eigenvalue weighted by atomic mass is 32.2. The molecule has 1 aromatic rings. The second-order valence-electron chi connectivity index (χ2n) is 5.78. The molecule has 1 fully saturated rings. The van der Waals surface area contributed by atoms with Gasteiger partial charge in [0.05, 0.1) is 17.5 Å². The summed E-state index contributed by atoms with van der Waals surface area (Å²) in [6.07, 6.45) is 1.36. The Morgan fingerprint density at radius 1 is 1.39 bits per heavy atom. The van der Waals surface area contributed by atoms with Crippen LogP contribution in [0.2, 0.25) is 0 Å². The van der Waals surface area contributed by atoms with Crippen molar-refractivity contribution in [3.05, 3.63) is 29.3 Å². The van der Waals surface area contributed by atoms with Crippen LogP contribution in [0.1, 0.15) is 17.5 Å². The van der Waals surface area contributed by atoms with Crippen LogP contribution in [0.25, 0.3) is 0 Å².